The van der Waals surface area contributed by atoms with Crippen LogP contribution in [0.4, 0.5) is 0 Å². The standard InChI is InChI=1S/C18H19NO3/c1-13(20)19(21)9-8-14-6-7-18-17(10-14)11-15-4-2-3-5-16(15)12-22-18/h2-7,10,21H,8-9,11-12H2,1H3. The van der Waals surface area contributed by atoms with Gasteiger partial charge in [0.1, 0.15) is 12.4 Å². The van der Waals surface area contributed by atoms with Crippen molar-refractivity contribution in [1.29, 1.82) is 0 Å². The van der Waals surface area contributed by atoms with Gasteiger partial charge in [0.25, 0.3) is 0 Å². The van der Waals surface area contributed by atoms with Crippen LogP contribution in [0, 0.1) is 0 Å². The molecule has 1 aliphatic heterocycles. The minimum Gasteiger partial charge on any atom is -0.489 e. The predicted octanol–water partition coefficient (Wildman–Crippen LogP) is 2.95. The lowest BCUT2D eigenvalue weighted by Gasteiger charge is -2.13. The van der Waals surface area contributed by atoms with E-state index in [1.807, 2.05) is 24.3 Å². The first-order valence-corrected chi connectivity index (χ1v) is 7.42. The van der Waals surface area contributed by atoms with Gasteiger partial charge in [0, 0.05) is 13.3 Å². The van der Waals surface area contributed by atoms with Crippen LogP contribution in [0.1, 0.15) is 29.2 Å². The maximum Gasteiger partial charge on any atom is 0.242 e. The number of nitrogens with zero attached hydrogens (tertiary/aromatic N) is 1. The number of hydrogen-bond donors (Lipinski definition) is 1. The van der Waals surface area contributed by atoms with E-state index in [-0.39, 0.29) is 5.91 Å². The third-order valence-corrected chi connectivity index (χ3v) is 3.98. The van der Waals surface area contributed by atoms with Gasteiger partial charge in [-0.15, -0.1) is 0 Å². The zero-order valence-corrected chi connectivity index (χ0v) is 12.6. The minimum atomic E-state index is -0.341. The summed E-state index contributed by atoms with van der Waals surface area (Å²) in [6.45, 7) is 2.24. The molecule has 1 heterocycles. The van der Waals surface area contributed by atoms with E-state index in [4.69, 9.17) is 4.74 Å². The van der Waals surface area contributed by atoms with Crippen molar-refractivity contribution >= 4 is 5.91 Å². The quantitative estimate of drug-likeness (QED) is 0.700. The molecule has 0 spiro atoms. The Morgan fingerprint density at radius 1 is 1.18 bits per heavy atom. The van der Waals surface area contributed by atoms with Gasteiger partial charge in [0.2, 0.25) is 5.91 Å². The average Bonchev–Trinajstić information content (AvgIpc) is 2.70. The Hall–Kier alpha value is -2.33. The van der Waals surface area contributed by atoms with Crippen molar-refractivity contribution in [3.8, 4) is 5.75 Å². The maximum atomic E-state index is 11.0. The molecule has 2 aromatic carbocycles. The summed E-state index contributed by atoms with van der Waals surface area (Å²) in [5.74, 6) is 0.569. The topological polar surface area (TPSA) is 49.8 Å². The Kier molecular flexibility index (Phi) is 4.11. The van der Waals surface area contributed by atoms with E-state index in [0.717, 1.165) is 28.4 Å². The maximum absolute atomic E-state index is 11.0. The van der Waals surface area contributed by atoms with Gasteiger partial charge in [-0.25, -0.2) is 5.06 Å². The van der Waals surface area contributed by atoms with Gasteiger partial charge >= 0.3 is 0 Å². The van der Waals surface area contributed by atoms with Crippen LogP contribution in [0.3, 0.4) is 0 Å². The van der Waals surface area contributed by atoms with Crippen molar-refractivity contribution in [3.63, 3.8) is 0 Å². The van der Waals surface area contributed by atoms with Crippen LogP contribution in [0.5, 0.6) is 5.75 Å². The molecule has 0 bridgehead atoms. The van der Waals surface area contributed by atoms with Crippen LogP contribution in [-0.4, -0.2) is 22.7 Å². The first-order chi connectivity index (χ1) is 10.6. The van der Waals surface area contributed by atoms with E-state index in [1.165, 1.54) is 18.1 Å². The molecule has 114 valence electrons. The van der Waals surface area contributed by atoms with E-state index in [9.17, 15) is 10.0 Å². The molecule has 0 saturated carbocycles. The van der Waals surface area contributed by atoms with Crippen molar-refractivity contribution in [2.75, 3.05) is 6.54 Å². The number of benzene rings is 2. The smallest absolute Gasteiger partial charge is 0.242 e. The van der Waals surface area contributed by atoms with E-state index in [2.05, 4.69) is 18.2 Å². The number of carbonyl (C=O) groups is 1. The van der Waals surface area contributed by atoms with Crippen LogP contribution in [-0.2, 0) is 24.2 Å². The third kappa shape index (κ3) is 3.12. The molecule has 1 amide bonds. The molecular formula is C18H19NO3. The fourth-order valence-corrected chi connectivity index (χ4v) is 2.69. The molecule has 0 aromatic heterocycles. The first-order valence-electron chi connectivity index (χ1n) is 7.42. The SMILES string of the molecule is CC(=O)N(O)CCc1ccc2c(c1)Cc1ccccc1CO2. The highest BCUT2D eigenvalue weighted by Gasteiger charge is 2.14. The molecule has 22 heavy (non-hydrogen) atoms. The highest BCUT2D eigenvalue weighted by atomic mass is 16.5. The molecule has 0 aliphatic carbocycles. The summed E-state index contributed by atoms with van der Waals surface area (Å²) in [6, 6.07) is 14.4. The van der Waals surface area contributed by atoms with Crippen molar-refractivity contribution in [2.45, 2.75) is 26.4 Å². The summed E-state index contributed by atoms with van der Waals surface area (Å²) in [7, 11) is 0. The predicted molar refractivity (Wildman–Crippen MR) is 82.9 cm³/mol. The third-order valence-electron chi connectivity index (χ3n) is 3.98. The van der Waals surface area contributed by atoms with Gasteiger partial charge in [-0.3, -0.25) is 10.0 Å². The van der Waals surface area contributed by atoms with E-state index in [1.54, 1.807) is 0 Å². The second-order valence-electron chi connectivity index (χ2n) is 5.57. The summed E-state index contributed by atoms with van der Waals surface area (Å²) < 4.78 is 5.88. The molecule has 2 aromatic rings. The van der Waals surface area contributed by atoms with Crippen LogP contribution < -0.4 is 4.74 Å². The summed E-state index contributed by atoms with van der Waals surface area (Å²) in [5.41, 5.74) is 4.74. The number of fused-ring (bicyclic) bond motifs is 2. The lowest BCUT2D eigenvalue weighted by atomic mass is 9.98. The lowest BCUT2D eigenvalue weighted by Crippen LogP contribution is -2.26. The van der Waals surface area contributed by atoms with Crippen molar-refractivity contribution < 1.29 is 14.7 Å². The minimum absolute atomic E-state index is 0.297. The summed E-state index contributed by atoms with van der Waals surface area (Å²) in [6.07, 6.45) is 1.46. The molecule has 3 rings (SSSR count). The van der Waals surface area contributed by atoms with Crippen LogP contribution in [0.2, 0.25) is 0 Å². The van der Waals surface area contributed by atoms with E-state index in [0.29, 0.717) is 19.6 Å². The molecule has 4 heteroatoms. The summed E-state index contributed by atoms with van der Waals surface area (Å²) >= 11 is 0. The number of hydroxylamine groups is 2. The molecule has 1 N–H and O–H groups in total. The summed E-state index contributed by atoms with van der Waals surface area (Å²) in [5, 5.41) is 10.2. The molecule has 4 nitrogen and oxygen atoms in total. The molecular weight excluding hydrogens is 278 g/mol. The number of rotatable bonds is 3. The molecule has 0 saturated heterocycles. The van der Waals surface area contributed by atoms with Gasteiger partial charge in [-0.05, 0) is 34.7 Å². The van der Waals surface area contributed by atoms with Crippen molar-refractivity contribution in [1.82, 2.24) is 5.06 Å². The Labute approximate surface area is 129 Å². The van der Waals surface area contributed by atoms with Gasteiger partial charge in [0.05, 0.1) is 6.54 Å². The molecule has 1 aliphatic rings. The lowest BCUT2D eigenvalue weighted by molar-refractivity contribution is -0.162. The summed E-state index contributed by atoms with van der Waals surface area (Å²) in [4.78, 5) is 11.0. The van der Waals surface area contributed by atoms with Crippen molar-refractivity contribution in [3.05, 3.63) is 64.7 Å². The molecule has 0 unspecified atom stereocenters. The van der Waals surface area contributed by atoms with E-state index >= 15 is 0 Å². The Morgan fingerprint density at radius 2 is 1.95 bits per heavy atom. The highest BCUT2D eigenvalue weighted by molar-refractivity contribution is 5.71. The largest absolute Gasteiger partial charge is 0.489 e. The highest BCUT2D eigenvalue weighted by Crippen LogP contribution is 2.29. The van der Waals surface area contributed by atoms with Gasteiger partial charge < -0.3 is 4.74 Å². The van der Waals surface area contributed by atoms with Crippen LogP contribution >= 0.6 is 0 Å². The van der Waals surface area contributed by atoms with Gasteiger partial charge in [-0.2, -0.15) is 0 Å². The zero-order chi connectivity index (χ0) is 15.5. The average molecular weight is 297 g/mol. The van der Waals surface area contributed by atoms with Gasteiger partial charge in [0.15, 0.2) is 0 Å². The number of ether oxygens (including phenoxy) is 1. The Morgan fingerprint density at radius 3 is 2.73 bits per heavy atom. The number of amides is 1. The van der Waals surface area contributed by atoms with Gasteiger partial charge in [-0.1, -0.05) is 36.4 Å². The number of hydrogen-bond acceptors (Lipinski definition) is 3. The second kappa shape index (κ2) is 6.20. The van der Waals surface area contributed by atoms with Crippen LogP contribution in [0.15, 0.2) is 42.5 Å². The Bertz CT molecular complexity index is 696. The van der Waals surface area contributed by atoms with Crippen molar-refractivity contribution in [2.24, 2.45) is 0 Å². The Balaban J connectivity index is 1.79. The normalized spacial score (nSPS) is 12.6. The second-order valence-corrected chi connectivity index (χ2v) is 5.57. The molecule has 0 radical (unpaired) electrons. The zero-order valence-electron chi connectivity index (χ0n) is 12.6. The monoisotopic (exact) mass is 297 g/mol. The fourth-order valence-electron chi connectivity index (χ4n) is 2.69. The molecule has 0 fully saturated rings. The fraction of sp³-hybridized carbons (Fsp3) is 0.278. The van der Waals surface area contributed by atoms with E-state index < -0.39 is 0 Å². The number of carbonyl (C=O) groups excluding carboxylic acids is 1. The first kappa shape index (κ1) is 14.6. The molecule has 0 atom stereocenters. The van der Waals surface area contributed by atoms with Crippen LogP contribution in [0.25, 0.3) is 0 Å².